The number of ether oxygens (including phenoxy) is 3. The van der Waals surface area contributed by atoms with Crippen LogP contribution in [0.1, 0.15) is 18.4 Å². The van der Waals surface area contributed by atoms with Gasteiger partial charge in [0.1, 0.15) is 18.0 Å². The summed E-state index contributed by atoms with van der Waals surface area (Å²) in [7, 11) is -1.13. The Labute approximate surface area is 183 Å². The number of amides is 1. The fraction of sp³-hybridized carbons (Fsp3) is 0.409. The highest BCUT2D eigenvalue weighted by molar-refractivity contribution is 7.92. The standard InChI is InChI=1S/C22H28N2O6S/c1-16-6-9-19(10-7-16)31(26,27)24(15-22(25)23-14-18-5-4-12-30-18)20-13-17(28-2)8-11-21(20)29-3/h6-11,13,18H,4-5,12,14-15H2,1-3H3,(H,23,25)/t18-/m1/s1. The Kier molecular flexibility index (Phi) is 7.40. The predicted molar refractivity (Wildman–Crippen MR) is 117 cm³/mol. The van der Waals surface area contributed by atoms with Gasteiger partial charge in [-0.1, -0.05) is 17.7 Å². The van der Waals surface area contributed by atoms with Gasteiger partial charge in [0, 0.05) is 19.2 Å². The zero-order chi connectivity index (χ0) is 22.4. The Balaban J connectivity index is 1.95. The molecule has 1 saturated heterocycles. The number of carbonyl (C=O) groups excluding carboxylic acids is 1. The minimum atomic E-state index is -4.06. The number of rotatable bonds is 9. The Morgan fingerprint density at radius 1 is 1.16 bits per heavy atom. The van der Waals surface area contributed by atoms with Crippen LogP contribution in [0.25, 0.3) is 0 Å². The van der Waals surface area contributed by atoms with E-state index in [-0.39, 0.29) is 16.7 Å². The van der Waals surface area contributed by atoms with Gasteiger partial charge < -0.3 is 19.5 Å². The van der Waals surface area contributed by atoms with Crippen LogP contribution in [-0.4, -0.2) is 54.3 Å². The summed E-state index contributed by atoms with van der Waals surface area (Å²) in [6.45, 7) is 2.48. The van der Waals surface area contributed by atoms with Crippen LogP contribution in [-0.2, 0) is 19.6 Å². The lowest BCUT2D eigenvalue weighted by Crippen LogP contribution is -2.43. The number of aryl methyl sites for hydroxylation is 1. The molecule has 1 aliphatic rings. The van der Waals surface area contributed by atoms with Crippen LogP contribution in [0.4, 0.5) is 5.69 Å². The molecular formula is C22H28N2O6S. The number of sulfonamides is 1. The van der Waals surface area contributed by atoms with Gasteiger partial charge in [-0.25, -0.2) is 8.42 Å². The summed E-state index contributed by atoms with van der Waals surface area (Å²) in [5.41, 5.74) is 1.15. The van der Waals surface area contributed by atoms with Crippen LogP contribution in [0, 0.1) is 6.92 Å². The van der Waals surface area contributed by atoms with E-state index >= 15 is 0 Å². The van der Waals surface area contributed by atoms with Crippen molar-refractivity contribution in [3.8, 4) is 11.5 Å². The molecule has 1 heterocycles. The number of nitrogens with zero attached hydrogens (tertiary/aromatic N) is 1. The maximum Gasteiger partial charge on any atom is 0.264 e. The molecule has 168 valence electrons. The van der Waals surface area contributed by atoms with Crippen molar-refractivity contribution < 1.29 is 27.4 Å². The van der Waals surface area contributed by atoms with Gasteiger partial charge in [-0.15, -0.1) is 0 Å². The largest absolute Gasteiger partial charge is 0.497 e. The van der Waals surface area contributed by atoms with Crippen LogP contribution < -0.4 is 19.1 Å². The molecule has 1 N–H and O–H groups in total. The number of methoxy groups -OCH3 is 2. The predicted octanol–water partition coefficient (Wildman–Crippen LogP) is 2.50. The third-order valence-electron chi connectivity index (χ3n) is 5.10. The van der Waals surface area contributed by atoms with Crippen molar-refractivity contribution >= 4 is 21.6 Å². The van der Waals surface area contributed by atoms with Crippen molar-refractivity contribution in [3.63, 3.8) is 0 Å². The van der Waals surface area contributed by atoms with Gasteiger partial charge in [0.15, 0.2) is 0 Å². The van der Waals surface area contributed by atoms with Gasteiger partial charge in [0.25, 0.3) is 10.0 Å². The minimum Gasteiger partial charge on any atom is -0.497 e. The normalized spacial score (nSPS) is 16.0. The van der Waals surface area contributed by atoms with Crippen LogP contribution in [0.5, 0.6) is 11.5 Å². The number of anilines is 1. The lowest BCUT2D eigenvalue weighted by molar-refractivity contribution is -0.120. The van der Waals surface area contributed by atoms with Crippen molar-refractivity contribution in [1.29, 1.82) is 0 Å². The van der Waals surface area contributed by atoms with Gasteiger partial charge in [0.2, 0.25) is 5.91 Å². The molecule has 1 atom stereocenters. The zero-order valence-electron chi connectivity index (χ0n) is 18.0. The molecule has 1 aliphatic heterocycles. The maximum atomic E-state index is 13.5. The summed E-state index contributed by atoms with van der Waals surface area (Å²) in [5, 5.41) is 2.78. The van der Waals surface area contributed by atoms with E-state index < -0.39 is 22.5 Å². The van der Waals surface area contributed by atoms with Crippen LogP contribution in [0.2, 0.25) is 0 Å². The quantitative estimate of drug-likeness (QED) is 0.634. The van der Waals surface area contributed by atoms with Gasteiger partial charge >= 0.3 is 0 Å². The highest BCUT2D eigenvalue weighted by atomic mass is 32.2. The van der Waals surface area contributed by atoms with E-state index in [9.17, 15) is 13.2 Å². The lowest BCUT2D eigenvalue weighted by Gasteiger charge is -2.26. The molecule has 0 aliphatic carbocycles. The van der Waals surface area contributed by atoms with Crippen LogP contribution in [0.3, 0.4) is 0 Å². The van der Waals surface area contributed by atoms with Gasteiger partial charge in [-0.3, -0.25) is 9.10 Å². The first-order valence-electron chi connectivity index (χ1n) is 10.0. The third-order valence-corrected chi connectivity index (χ3v) is 6.88. The molecule has 1 amide bonds. The molecule has 31 heavy (non-hydrogen) atoms. The molecule has 2 aromatic carbocycles. The van der Waals surface area contributed by atoms with E-state index in [4.69, 9.17) is 14.2 Å². The molecular weight excluding hydrogens is 420 g/mol. The first kappa shape index (κ1) is 22.9. The Hall–Kier alpha value is -2.78. The maximum absolute atomic E-state index is 13.5. The second-order valence-electron chi connectivity index (χ2n) is 7.30. The Morgan fingerprint density at radius 2 is 1.90 bits per heavy atom. The molecule has 3 rings (SSSR count). The second-order valence-corrected chi connectivity index (χ2v) is 9.16. The Morgan fingerprint density at radius 3 is 2.52 bits per heavy atom. The highest BCUT2D eigenvalue weighted by Crippen LogP contribution is 2.35. The lowest BCUT2D eigenvalue weighted by atomic mass is 10.2. The first-order valence-corrected chi connectivity index (χ1v) is 11.5. The zero-order valence-corrected chi connectivity index (χ0v) is 18.8. The van der Waals surface area contributed by atoms with Crippen molar-refractivity contribution in [2.45, 2.75) is 30.8 Å². The van der Waals surface area contributed by atoms with E-state index in [1.54, 1.807) is 24.3 Å². The minimum absolute atomic E-state index is 0.0440. The topological polar surface area (TPSA) is 94.2 Å². The van der Waals surface area contributed by atoms with Crippen molar-refractivity contribution in [3.05, 3.63) is 48.0 Å². The Bertz CT molecular complexity index is 1000. The molecule has 2 aromatic rings. The molecule has 0 spiro atoms. The fourth-order valence-corrected chi connectivity index (χ4v) is 4.77. The van der Waals surface area contributed by atoms with Crippen molar-refractivity contribution in [2.24, 2.45) is 0 Å². The van der Waals surface area contributed by atoms with E-state index in [0.29, 0.717) is 24.7 Å². The SMILES string of the molecule is COc1ccc(OC)c(N(CC(=O)NC[C@H]2CCCO2)S(=O)(=O)c2ccc(C)cc2)c1. The number of carbonyl (C=O) groups is 1. The summed E-state index contributed by atoms with van der Waals surface area (Å²) < 4.78 is 44.3. The summed E-state index contributed by atoms with van der Waals surface area (Å²) >= 11 is 0. The van der Waals surface area contributed by atoms with E-state index in [1.165, 1.54) is 32.4 Å². The average Bonchev–Trinajstić information content (AvgIpc) is 3.29. The van der Waals surface area contributed by atoms with Gasteiger partial charge in [-0.2, -0.15) is 0 Å². The second kappa shape index (κ2) is 10.0. The van der Waals surface area contributed by atoms with Crippen molar-refractivity contribution in [2.75, 3.05) is 38.2 Å². The summed E-state index contributed by atoms with van der Waals surface area (Å²) in [6, 6.07) is 11.3. The van der Waals surface area contributed by atoms with Gasteiger partial charge in [-0.05, 0) is 44.0 Å². The molecule has 8 nitrogen and oxygen atoms in total. The molecule has 0 radical (unpaired) electrons. The number of benzene rings is 2. The monoisotopic (exact) mass is 448 g/mol. The first-order chi connectivity index (χ1) is 14.8. The van der Waals surface area contributed by atoms with Crippen LogP contribution in [0.15, 0.2) is 47.4 Å². The smallest absolute Gasteiger partial charge is 0.264 e. The van der Waals surface area contributed by atoms with E-state index in [1.807, 2.05) is 6.92 Å². The van der Waals surface area contributed by atoms with E-state index in [2.05, 4.69) is 5.32 Å². The molecule has 0 unspecified atom stereocenters. The summed E-state index contributed by atoms with van der Waals surface area (Å²) in [6.07, 6.45) is 1.78. The summed E-state index contributed by atoms with van der Waals surface area (Å²) in [5.74, 6) is 0.319. The highest BCUT2D eigenvalue weighted by Gasteiger charge is 2.30. The fourth-order valence-electron chi connectivity index (χ4n) is 3.35. The van der Waals surface area contributed by atoms with Gasteiger partial charge in [0.05, 0.1) is 30.9 Å². The number of hydrogen-bond acceptors (Lipinski definition) is 6. The summed E-state index contributed by atoms with van der Waals surface area (Å²) in [4.78, 5) is 12.8. The average molecular weight is 449 g/mol. The number of hydrogen-bond donors (Lipinski definition) is 1. The van der Waals surface area contributed by atoms with E-state index in [0.717, 1.165) is 22.7 Å². The molecule has 0 aromatic heterocycles. The number of nitrogens with one attached hydrogen (secondary N) is 1. The third kappa shape index (κ3) is 5.48. The molecule has 1 fully saturated rings. The molecule has 0 bridgehead atoms. The molecule has 9 heteroatoms. The molecule has 0 saturated carbocycles. The van der Waals surface area contributed by atoms with Crippen LogP contribution >= 0.6 is 0 Å². The van der Waals surface area contributed by atoms with Crippen molar-refractivity contribution in [1.82, 2.24) is 5.32 Å².